The van der Waals surface area contributed by atoms with E-state index in [-0.39, 0.29) is 4.90 Å². The van der Waals surface area contributed by atoms with Gasteiger partial charge in [0.05, 0.1) is 37.6 Å². The highest BCUT2D eigenvalue weighted by atomic mass is 32.2. The summed E-state index contributed by atoms with van der Waals surface area (Å²) in [5, 5.41) is 2.72. The van der Waals surface area contributed by atoms with Gasteiger partial charge in [0, 0.05) is 6.07 Å². The van der Waals surface area contributed by atoms with E-state index in [2.05, 4.69) is 5.32 Å². The van der Waals surface area contributed by atoms with Crippen LogP contribution in [0.3, 0.4) is 0 Å². The Kier molecular flexibility index (Phi) is 7.44. The lowest BCUT2D eigenvalue weighted by Crippen LogP contribution is -2.38. The molecule has 1 amide bonds. The largest absolute Gasteiger partial charge is 0.497 e. The standard InChI is InChI=1S/C24H26N2O6S/c1-17-5-12-21(13-6-17)33(28,29)26(18-7-9-19(30-2)10-8-18)16-24(27)25-22-15-20(31-3)11-14-23(22)32-4/h5-15H,16H2,1-4H3,(H,25,27). The molecule has 0 aliphatic rings. The zero-order valence-electron chi connectivity index (χ0n) is 18.9. The minimum absolute atomic E-state index is 0.0793. The Morgan fingerprint density at radius 3 is 2.03 bits per heavy atom. The van der Waals surface area contributed by atoms with Gasteiger partial charge in [0.15, 0.2) is 0 Å². The molecular weight excluding hydrogens is 444 g/mol. The molecule has 0 atom stereocenters. The van der Waals surface area contributed by atoms with Crippen molar-refractivity contribution in [2.24, 2.45) is 0 Å². The highest BCUT2D eigenvalue weighted by molar-refractivity contribution is 7.92. The monoisotopic (exact) mass is 470 g/mol. The van der Waals surface area contributed by atoms with Crippen LogP contribution in [0.1, 0.15) is 5.56 Å². The molecule has 9 heteroatoms. The van der Waals surface area contributed by atoms with E-state index in [9.17, 15) is 13.2 Å². The van der Waals surface area contributed by atoms with Gasteiger partial charge in [-0.25, -0.2) is 8.42 Å². The van der Waals surface area contributed by atoms with Crippen LogP contribution in [0.25, 0.3) is 0 Å². The van der Waals surface area contributed by atoms with Crippen LogP contribution in [0.5, 0.6) is 17.2 Å². The maximum atomic E-state index is 13.5. The van der Waals surface area contributed by atoms with Crippen molar-refractivity contribution in [1.29, 1.82) is 0 Å². The van der Waals surface area contributed by atoms with E-state index >= 15 is 0 Å². The summed E-state index contributed by atoms with van der Waals surface area (Å²) in [5.41, 5.74) is 1.61. The van der Waals surface area contributed by atoms with Crippen molar-refractivity contribution in [2.75, 3.05) is 37.5 Å². The van der Waals surface area contributed by atoms with E-state index < -0.39 is 22.5 Å². The van der Waals surface area contributed by atoms with Gasteiger partial charge in [-0.05, 0) is 55.5 Å². The summed E-state index contributed by atoms with van der Waals surface area (Å²) in [6.45, 7) is 1.41. The third kappa shape index (κ3) is 5.56. The van der Waals surface area contributed by atoms with Gasteiger partial charge in [-0.3, -0.25) is 9.10 Å². The number of ether oxygens (including phenoxy) is 3. The molecule has 0 saturated heterocycles. The Labute approximate surface area is 193 Å². The number of amides is 1. The molecular formula is C24H26N2O6S. The Balaban J connectivity index is 1.96. The van der Waals surface area contributed by atoms with E-state index in [0.717, 1.165) is 9.87 Å². The maximum Gasteiger partial charge on any atom is 0.264 e. The summed E-state index contributed by atoms with van der Waals surface area (Å²) >= 11 is 0. The maximum absolute atomic E-state index is 13.5. The number of hydrogen-bond donors (Lipinski definition) is 1. The predicted octanol–water partition coefficient (Wildman–Crippen LogP) is 3.85. The van der Waals surface area contributed by atoms with Crippen LogP contribution in [0.15, 0.2) is 71.6 Å². The predicted molar refractivity (Wildman–Crippen MR) is 127 cm³/mol. The van der Waals surface area contributed by atoms with Crippen LogP contribution in [0.2, 0.25) is 0 Å². The fraction of sp³-hybridized carbons (Fsp3) is 0.208. The van der Waals surface area contributed by atoms with Crippen LogP contribution in [0, 0.1) is 6.92 Å². The number of carbonyl (C=O) groups excluding carboxylic acids is 1. The average Bonchev–Trinajstić information content (AvgIpc) is 2.82. The summed E-state index contributed by atoms with van der Waals surface area (Å²) in [7, 11) is 0.470. The van der Waals surface area contributed by atoms with Gasteiger partial charge >= 0.3 is 0 Å². The number of benzene rings is 3. The topological polar surface area (TPSA) is 94.2 Å². The van der Waals surface area contributed by atoms with E-state index in [0.29, 0.717) is 28.6 Å². The molecule has 0 heterocycles. The van der Waals surface area contributed by atoms with Crippen LogP contribution >= 0.6 is 0 Å². The molecule has 8 nitrogen and oxygen atoms in total. The van der Waals surface area contributed by atoms with Crippen molar-refractivity contribution in [2.45, 2.75) is 11.8 Å². The second-order valence-corrected chi connectivity index (χ2v) is 9.00. The van der Waals surface area contributed by atoms with Gasteiger partial charge < -0.3 is 19.5 Å². The van der Waals surface area contributed by atoms with Gasteiger partial charge in [-0.2, -0.15) is 0 Å². The van der Waals surface area contributed by atoms with E-state index in [4.69, 9.17) is 14.2 Å². The van der Waals surface area contributed by atoms with Gasteiger partial charge in [0.2, 0.25) is 5.91 Å². The van der Waals surface area contributed by atoms with Crippen molar-refractivity contribution in [3.05, 3.63) is 72.3 Å². The molecule has 0 saturated carbocycles. The fourth-order valence-electron chi connectivity index (χ4n) is 3.13. The summed E-state index contributed by atoms with van der Waals surface area (Å²) in [5.74, 6) is 0.956. The minimum Gasteiger partial charge on any atom is -0.497 e. The Bertz CT molecular complexity index is 1210. The van der Waals surface area contributed by atoms with Crippen molar-refractivity contribution < 1.29 is 27.4 Å². The summed E-state index contributed by atoms with van der Waals surface area (Å²) in [6.07, 6.45) is 0. The lowest BCUT2D eigenvalue weighted by Gasteiger charge is -2.24. The number of nitrogens with one attached hydrogen (secondary N) is 1. The van der Waals surface area contributed by atoms with Crippen LogP contribution in [-0.2, 0) is 14.8 Å². The minimum atomic E-state index is -4.03. The number of hydrogen-bond acceptors (Lipinski definition) is 6. The quantitative estimate of drug-likeness (QED) is 0.511. The molecule has 1 N–H and O–H groups in total. The summed E-state index contributed by atoms with van der Waals surface area (Å²) in [4.78, 5) is 13.1. The molecule has 0 aromatic heterocycles. The summed E-state index contributed by atoms with van der Waals surface area (Å²) in [6, 6.07) is 17.8. The third-order valence-corrected chi connectivity index (χ3v) is 6.73. The average molecular weight is 471 g/mol. The Hall–Kier alpha value is -3.72. The highest BCUT2D eigenvalue weighted by Gasteiger charge is 2.27. The molecule has 0 aliphatic heterocycles. The Morgan fingerprint density at radius 1 is 0.848 bits per heavy atom. The Morgan fingerprint density at radius 2 is 1.45 bits per heavy atom. The number of sulfonamides is 1. The zero-order valence-corrected chi connectivity index (χ0v) is 19.7. The van der Waals surface area contributed by atoms with E-state index in [1.54, 1.807) is 54.6 Å². The SMILES string of the molecule is COc1ccc(N(CC(=O)Nc2cc(OC)ccc2OC)S(=O)(=O)c2ccc(C)cc2)cc1. The van der Waals surface area contributed by atoms with E-state index in [1.165, 1.54) is 33.5 Å². The molecule has 174 valence electrons. The molecule has 0 unspecified atom stereocenters. The van der Waals surface area contributed by atoms with Crippen LogP contribution in [0.4, 0.5) is 11.4 Å². The smallest absolute Gasteiger partial charge is 0.264 e. The number of methoxy groups -OCH3 is 3. The van der Waals surface area contributed by atoms with Crippen molar-refractivity contribution in [3.63, 3.8) is 0 Å². The molecule has 0 aliphatic carbocycles. The first-order valence-electron chi connectivity index (χ1n) is 10.0. The van der Waals surface area contributed by atoms with Gasteiger partial charge in [-0.1, -0.05) is 17.7 Å². The molecule has 33 heavy (non-hydrogen) atoms. The van der Waals surface area contributed by atoms with Crippen molar-refractivity contribution in [1.82, 2.24) is 0 Å². The fourth-order valence-corrected chi connectivity index (χ4v) is 4.55. The normalized spacial score (nSPS) is 10.9. The summed E-state index contributed by atoms with van der Waals surface area (Å²) < 4.78 is 43.7. The van der Waals surface area contributed by atoms with Crippen molar-refractivity contribution >= 4 is 27.3 Å². The second kappa shape index (κ2) is 10.3. The molecule has 0 radical (unpaired) electrons. The van der Waals surface area contributed by atoms with Gasteiger partial charge in [-0.15, -0.1) is 0 Å². The molecule has 3 rings (SSSR count). The highest BCUT2D eigenvalue weighted by Crippen LogP contribution is 2.30. The number of nitrogens with zero attached hydrogens (tertiary/aromatic N) is 1. The van der Waals surface area contributed by atoms with Crippen molar-refractivity contribution in [3.8, 4) is 17.2 Å². The van der Waals surface area contributed by atoms with Gasteiger partial charge in [0.25, 0.3) is 10.0 Å². The molecule has 0 fully saturated rings. The van der Waals surface area contributed by atoms with E-state index in [1.807, 2.05) is 6.92 Å². The molecule has 3 aromatic rings. The lowest BCUT2D eigenvalue weighted by atomic mass is 10.2. The number of carbonyl (C=O) groups is 1. The van der Waals surface area contributed by atoms with Crippen LogP contribution < -0.4 is 23.8 Å². The number of rotatable bonds is 9. The first kappa shape index (κ1) is 23.9. The first-order valence-corrected chi connectivity index (χ1v) is 11.5. The molecule has 0 spiro atoms. The second-order valence-electron chi connectivity index (χ2n) is 7.14. The lowest BCUT2D eigenvalue weighted by molar-refractivity contribution is -0.114. The van der Waals surface area contributed by atoms with Crippen LogP contribution in [-0.4, -0.2) is 42.2 Å². The third-order valence-electron chi connectivity index (χ3n) is 4.94. The molecule has 0 bridgehead atoms. The molecule has 3 aromatic carbocycles. The number of anilines is 2. The first-order chi connectivity index (χ1) is 15.8. The zero-order chi connectivity index (χ0) is 24.0. The number of aryl methyl sites for hydroxylation is 1. The van der Waals surface area contributed by atoms with Gasteiger partial charge in [0.1, 0.15) is 23.8 Å².